The molecule has 0 saturated carbocycles. The van der Waals surface area contributed by atoms with E-state index in [9.17, 15) is 0 Å². The fourth-order valence-electron chi connectivity index (χ4n) is 2.88. The van der Waals surface area contributed by atoms with Gasteiger partial charge in [0.05, 0.1) is 0 Å². The smallest absolute Gasteiger partial charge is 0.175 e. The second-order valence-corrected chi connectivity index (χ2v) is 8.54. The molecule has 23 heavy (non-hydrogen) atoms. The van der Waals surface area contributed by atoms with Crippen molar-refractivity contribution in [2.24, 2.45) is 0 Å². The lowest BCUT2D eigenvalue weighted by Gasteiger charge is -2.27. The SMILES string of the molecule is C=CCN[P+](c1ccccc1)(c1ccccc1)c1ccccc1. The minimum atomic E-state index is -1.89. The molecule has 0 aliphatic carbocycles. The van der Waals surface area contributed by atoms with E-state index in [1.54, 1.807) is 0 Å². The van der Waals surface area contributed by atoms with Gasteiger partial charge in [-0.25, -0.2) is 0 Å². The van der Waals surface area contributed by atoms with Gasteiger partial charge < -0.3 is 0 Å². The lowest BCUT2D eigenvalue weighted by atomic mass is 10.4. The molecule has 1 N–H and O–H groups in total. The Hall–Kier alpha value is -2.21. The Morgan fingerprint density at radius 3 is 1.30 bits per heavy atom. The van der Waals surface area contributed by atoms with Gasteiger partial charge in [0, 0.05) is 6.54 Å². The molecule has 0 radical (unpaired) electrons. The molecule has 3 rings (SSSR count). The minimum absolute atomic E-state index is 0.770. The van der Waals surface area contributed by atoms with Crippen LogP contribution in [0.2, 0.25) is 0 Å². The topological polar surface area (TPSA) is 12.0 Å². The number of benzene rings is 3. The van der Waals surface area contributed by atoms with Crippen molar-refractivity contribution < 1.29 is 0 Å². The Balaban J connectivity index is 2.27. The van der Waals surface area contributed by atoms with E-state index in [0.29, 0.717) is 0 Å². The van der Waals surface area contributed by atoms with Crippen molar-refractivity contribution in [2.45, 2.75) is 0 Å². The van der Waals surface area contributed by atoms with Crippen LogP contribution in [0.25, 0.3) is 0 Å². The second-order valence-electron chi connectivity index (χ2n) is 5.33. The number of hydrogen-bond donors (Lipinski definition) is 1. The van der Waals surface area contributed by atoms with Gasteiger partial charge in [0.2, 0.25) is 0 Å². The van der Waals surface area contributed by atoms with Crippen LogP contribution in [0.5, 0.6) is 0 Å². The van der Waals surface area contributed by atoms with Crippen LogP contribution in [-0.4, -0.2) is 6.54 Å². The maximum absolute atomic E-state index is 3.90. The molecule has 0 aliphatic heterocycles. The third-order valence-electron chi connectivity index (χ3n) is 3.90. The quantitative estimate of drug-likeness (QED) is 0.540. The number of nitrogens with one attached hydrogen (secondary N) is 1. The van der Waals surface area contributed by atoms with Crippen molar-refractivity contribution in [3.8, 4) is 0 Å². The number of rotatable bonds is 6. The number of hydrogen-bond acceptors (Lipinski definition) is 1. The highest BCUT2D eigenvalue weighted by molar-refractivity contribution is 7.94. The third-order valence-corrected chi connectivity index (χ3v) is 7.78. The standard InChI is InChI=1S/C21H21NP/c1-2-18-22-23(19-12-6-3-7-13-19,20-14-8-4-9-15-20)21-16-10-5-11-17-21/h2-17,22H,1,18H2/q+1. The largest absolute Gasteiger partial charge is 0.178 e. The van der Waals surface area contributed by atoms with Crippen LogP contribution in [0, 0.1) is 0 Å². The van der Waals surface area contributed by atoms with Gasteiger partial charge in [-0.15, -0.1) is 6.58 Å². The van der Waals surface area contributed by atoms with Gasteiger partial charge in [0.15, 0.2) is 7.41 Å². The summed E-state index contributed by atoms with van der Waals surface area (Å²) in [6, 6.07) is 32.3. The molecular weight excluding hydrogens is 297 g/mol. The molecular formula is C21H21NP+. The van der Waals surface area contributed by atoms with Crippen molar-refractivity contribution in [1.29, 1.82) is 0 Å². The van der Waals surface area contributed by atoms with Gasteiger partial charge in [-0.1, -0.05) is 60.7 Å². The summed E-state index contributed by atoms with van der Waals surface area (Å²) in [7, 11) is -1.89. The van der Waals surface area contributed by atoms with Crippen molar-refractivity contribution >= 4 is 23.3 Å². The molecule has 0 bridgehead atoms. The normalized spacial score (nSPS) is 11.1. The Labute approximate surface area is 139 Å². The average molecular weight is 318 g/mol. The van der Waals surface area contributed by atoms with E-state index in [4.69, 9.17) is 0 Å². The van der Waals surface area contributed by atoms with Gasteiger partial charge in [0.25, 0.3) is 0 Å². The van der Waals surface area contributed by atoms with E-state index in [1.165, 1.54) is 15.9 Å². The van der Waals surface area contributed by atoms with Crippen molar-refractivity contribution in [1.82, 2.24) is 5.09 Å². The highest BCUT2D eigenvalue weighted by atomic mass is 31.2. The maximum Gasteiger partial charge on any atom is 0.178 e. The predicted octanol–water partition coefficient (Wildman–Crippen LogP) is 3.67. The Kier molecular flexibility index (Phi) is 5.02. The zero-order chi connectivity index (χ0) is 16.0. The molecule has 114 valence electrons. The van der Waals surface area contributed by atoms with Crippen LogP contribution in [-0.2, 0) is 0 Å². The summed E-state index contributed by atoms with van der Waals surface area (Å²) in [5, 5.41) is 7.82. The van der Waals surface area contributed by atoms with Crippen molar-refractivity contribution in [3.63, 3.8) is 0 Å². The summed E-state index contributed by atoms with van der Waals surface area (Å²) in [5.41, 5.74) is 0. The average Bonchev–Trinajstić information content (AvgIpc) is 2.65. The molecule has 3 aromatic carbocycles. The molecule has 0 spiro atoms. The molecule has 1 nitrogen and oxygen atoms in total. The fourth-order valence-corrected chi connectivity index (χ4v) is 6.58. The van der Waals surface area contributed by atoms with Crippen LogP contribution in [0.1, 0.15) is 0 Å². The Morgan fingerprint density at radius 2 is 1.00 bits per heavy atom. The monoisotopic (exact) mass is 318 g/mol. The third kappa shape index (κ3) is 3.12. The van der Waals surface area contributed by atoms with Crippen molar-refractivity contribution in [3.05, 3.63) is 104 Å². The van der Waals surface area contributed by atoms with Crippen LogP contribution in [0.15, 0.2) is 104 Å². The van der Waals surface area contributed by atoms with Gasteiger partial charge >= 0.3 is 0 Å². The summed E-state index contributed by atoms with van der Waals surface area (Å²) >= 11 is 0. The highest BCUT2D eigenvalue weighted by Gasteiger charge is 2.45. The first kappa shape index (κ1) is 15.7. The van der Waals surface area contributed by atoms with E-state index < -0.39 is 7.41 Å². The van der Waals surface area contributed by atoms with Crippen LogP contribution in [0.4, 0.5) is 0 Å². The second kappa shape index (κ2) is 7.37. The van der Waals surface area contributed by atoms with Gasteiger partial charge in [-0.2, -0.15) is 5.09 Å². The molecule has 0 atom stereocenters. The minimum Gasteiger partial charge on any atom is -0.175 e. The van der Waals surface area contributed by atoms with Gasteiger partial charge in [-0.05, 0) is 36.4 Å². The van der Waals surface area contributed by atoms with Crippen molar-refractivity contribution in [2.75, 3.05) is 6.54 Å². The first-order valence-electron chi connectivity index (χ1n) is 7.80. The molecule has 2 heteroatoms. The van der Waals surface area contributed by atoms with E-state index in [1.807, 2.05) is 6.08 Å². The van der Waals surface area contributed by atoms with Gasteiger partial charge in [-0.3, -0.25) is 0 Å². The molecule has 0 aromatic heterocycles. The molecule has 0 aliphatic rings. The lowest BCUT2D eigenvalue weighted by Crippen LogP contribution is -2.40. The van der Waals surface area contributed by atoms with Gasteiger partial charge in [0.1, 0.15) is 15.9 Å². The predicted molar refractivity (Wildman–Crippen MR) is 103 cm³/mol. The van der Waals surface area contributed by atoms with Crippen LogP contribution in [0.3, 0.4) is 0 Å². The van der Waals surface area contributed by atoms with E-state index in [-0.39, 0.29) is 0 Å². The molecule has 0 fully saturated rings. The molecule has 0 saturated heterocycles. The zero-order valence-electron chi connectivity index (χ0n) is 13.1. The van der Waals surface area contributed by atoms with Crippen LogP contribution >= 0.6 is 7.41 Å². The Bertz CT molecular complexity index is 642. The van der Waals surface area contributed by atoms with E-state index >= 15 is 0 Å². The summed E-state index contributed by atoms with van der Waals surface area (Å²) in [6.07, 6.45) is 1.93. The summed E-state index contributed by atoms with van der Waals surface area (Å²) in [4.78, 5) is 0. The maximum atomic E-state index is 3.90. The highest BCUT2D eigenvalue weighted by Crippen LogP contribution is 2.50. The first-order valence-corrected chi connectivity index (χ1v) is 9.59. The Morgan fingerprint density at radius 1 is 0.652 bits per heavy atom. The summed E-state index contributed by atoms with van der Waals surface area (Å²) in [6.45, 7) is 4.67. The molecule has 0 heterocycles. The summed E-state index contributed by atoms with van der Waals surface area (Å²) < 4.78 is 0. The molecule has 3 aromatic rings. The summed E-state index contributed by atoms with van der Waals surface area (Å²) in [5.74, 6) is 0. The molecule has 0 unspecified atom stereocenters. The fraction of sp³-hybridized carbons (Fsp3) is 0.0476. The molecule has 0 amide bonds. The first-order chi connectivity index (χ1) is 11.4. The zero-order valence-corrected chi connectivity index (χ0v) is 14.0. The lowest BCUT2D eigenvalue weighted by molar-refractivity contribution is 1.11. The van der Waals surface area contributed by atoms with E-state index in [2.05, 4.69) is 103 Å². The van der Waals surface area contributed by atoms with Crippen LogP contribution < -0.4 is 21.0 Å². The van der Waals surface area contributed by atoms with E-state index in [0.717, 1.165) is 6.54 Å².